The molecule has 5 nitrogen and oxygen atoms in total. The predicted molar refractivity (Wildman–Crippen MR) is 98.5 cm³/mol. The number of benzene rings is 3. The third-order valence-electron chi connectivity index (χ3n) is 3.46. The summed E-state index contributed by atoms with van der Waals surface area (Å²) in [4.78, 5) is 12.4. The second-order valence-corrected chi connectivity index (χ2v) is 6.91. The molecule has 3 rings (SSSR count). The van der Waals surface area contributed by atoms with Crippen LogP contribution in [0.3, 0.4) is 0 Å². The average molecular weight is 365 g/mol. The van der Waals surface area contributed by atoms with E-state index in [1.807, 2.05) is 0 Å². The number of carbonyl (C=O) groups is 1. The van der Waals surface area contributed by atoms with Crippen molar-refractivity contribution in [2.45, 2.75) is 4.90 Å². The minimum Gasteiger partial charge on any atom is -0.402 e. The maximum absolute atomic E-state index is 12.6. The molecule has 26 heavy (non-hydrogen) atoms. The highest BCUT2D eigenvalue weighted by atomic mass is 32.2. The van der Waals surface area contributed by atoms with Crippen LogP contribution in [-0.4, -0.2) is 20.3 Å². The monoisotopic (exact) mass is 365 g/mol. The number of hydrogen-bond acceptors (Lipinski definition) is 4. The lowest BCUT2D eigenvalue weighted by molar-refractivity contribution is 0.0718. The van der Waals surface area contributed by atoms with Gasteiger partial charge in [-0.1, -0.05) is 54.6 Å². The molecule has 0 aliphatic carbocycles. The number of nitrogens with zero attached hydrogens (tertiary/aromatic N) is 1. The molecule has 0 bridgehead atoms. The Balaban J connectivity index is 2.01. The quantitative estimate of drug-likeness (QED) is 0.402. The number of carbonyl (C=O) groups excluding carboxylic acids is 1. The van der Waals surface area contributed by atoms with Gasteiger partial charge < -0.3 is 4.74 Å². The maximum Gasteiger partial charge on any atom is 0.344 e. The summed E-state index contributed by atoms with van der Waals surface area (Å²) in [5.74, 6) is -0.959. The molecule has 0 aliphatic rings. The first kappa shape index (κ1) is 17.6. The fourth-order valence-corrected chi connectivity index (χ4v) is 3.15. The van der Waals surface area contributed by atoms with Gasteiger partial charge in [0.1, 0.15) is 0 Å². The molecule has 0 amide bonds. The van der Waals surface area contributed by atoms with Gasteiger partial charge in [-0.25, -0.2) is 4.79 Å². The Hall–Kier alpha value is -3.25. The molecule has 0 spiro atoms. The summed E-state index contributed by atoms with van der Waals surface area (Å²) >= 11 is 0. The van der Waals surface area contributed by atoms with Crippen LogP contribution in [0.2, 0.25) is 0 Å². The van der Waals surface area contributed by atoms with Gasteiger partial charge in [-0.15, -0.1) is 4.40 Å². The van der Waals surface area contributed by atoms with Crippen molar-refractivity contribution >= 4 is 21.9 Å². The Morgan fingerprint density at radius 3 is 1.69 bits per heavy atom. The van der Waals surface area contributed by atoms with Gasteiger partial charge in [0, 0.05) is 5.56 Å². The largest absolute Gasteiger partial charge is 0.402 e. The second-order valence-electron chi connectivity index (χ2n) is 5.31. The lowest BCUT2D eigenvalue weighted by atomic mass is 10.2. The van der Waals surface area contributed by atoms with Gasteiger partial charge in [-0.2, -0.15) is 8.42 Å². The van der Waals surface area contributed by atoms with Crippen LogP contribution >= 0.6 is 0 Å². The molecule has 0 heterocycles. The molecule has 0 aliphatic heterocycles. The molecule has 130 valence electrons. The average Bonchev–Trinajstić information content (AvgIpc) is 2.69. The minimum absolute atomic E-state index is 0.0178. The van der Waals surface area contributed by atoms with Crippen molar-refractivity contribution in [2.75, 3.05) is 0 Å². The number of ether oxygens (including phenoxy) is 1. The summed E-state index contributed by atoms with van der Waals surface area (Å²) in [7, 11) is -4.02. The van der Waals surface area contributed by atoms with Crippen LogP contribution in [0.15, 0.2) is 100 Å². The number of sulfonamides is 1. The van der Waals surface area contributed by atoms with Gasteiger partial charge in [0.25, 0.3) is 10.0 Å². The first-order chi connectivity index (χ1) is 12.6. The van der Waals surface area contributed by atoms with E-state index in [1.54, 1.807) is 78.9 Å². The van der Waals surface area contributed by atoms with Crippen molar-refractivity contribution < 1.29 is 17.9 Å². The van der Waals surface area contributed by atoms with Crippen LogP contribution in [0, 0.1) is 0 Å². The smallest absolute Gasteiger partial charge is 0.344 e. The Morgan fingerprint density at radius 2 is 1.15 bits per heavy atom. The van der Waals surface area contributed by atoms with E-state index in [-0.39, 0.29) is 10.8 Å². The summed E-state index contributed by atoms with van der Waals surface area (Å²) in [6.45, 7) is 0. The topological polar surface area (TPSA) is 72.8 Å². The Bertz CT molecular complexity index is 1020. The number of hydrogen-bond donors (Lipinski definition) is 0. The van der Waals surface area contributed by atoms with Crippen molar-refractivity contribution in [2.24, 2.45) is 4.40 Å². The summed E-state index contributed by atoms with van der Waals surface area (Å²) in [5.41, 5.74) is 0.685. The Morgan fingerprint density at radius 1 is 0.692 bits per heavy atom. The molecular weight excluding hydrogens is 350 g/mol. The number of esters is 1. The highest BCUT2D eigenvalue weighted by Gasteiger charge is 2.19. The molecule has 0 unspecified atom stereocenters. The lowest BCUT2D eigenvalue weighted by Gasteiger charge is -2.08. The highest BCUT2D eigenvalue weighted by Crippen LogP contribution is 2.15. The van der Waals surface area contributed by atoms with Crippen molar-refractivity contribution in [1.29, 1.82) is 0 Å². The molecule has 0 radical (unpaired) electrons. The molecule has 0 aromatic heterocycles. The van der Waals surface area contributed by atoms with Gasteiger partial charge in [0.2, 0.25) is 5.90 Å². The van der Waals surface area contributed by atoms with E-state index in [0.29, 0.717) is 11.1 Å². The molecule has 3 aromatic rings. The normalized spacial score (nSPS) is 11.8. The molecule has 6 heteroatoms. The minimum atomic E-state index is -4.02. The summed E-state index contributed by atoms with van der Waals surface area (Å²) in [6, 6.07) is 24.5. The zero-order chi connectivity index (χ0) is 18.4. The highest BCUT2D eigenvalue weighted by molar-refractivity contribution is 7.90. The van der Waals surface area contributed by atoms with E-state index in [0.717, 1.165) is 0 Å². The van der Waals surface area contributed by atoms with E-state index in [1.165, 1.54) is 12.1 Å². The van der Waals surface area contributed by atoms with Crippen LogP contribution in [0.25, 0.3) is 0 Å². The van der Waals surface area contributed by atoms with Gasteiger partial charge in [-0.05, 0) is 36.4 Å². The summed E-state index contributed by atoms with van der Waals surface area (Å²) < 4.78 is 34.2. The first-order valence-corrected chi connectivity index (χ1v) is 9.23. The van der Waals surface area contributed by atoms with E-state index in [4.69, 9.17) is 4.74 Å². The molecule has 0 fully saturated rings. The predicted octanol–water partition coefficient (Wildman–Crippen LogP) is 3.68. The van der Waals surface area contributed by atoms with Gasteiger partial charge in [0.05, 0.1) is 10.5 Å². The molecule has 0 saturated carbocycles. The maximum atomic E-state index is 12.6. The molecule has 0 saturated heterocycles. The van der Waals surface area contributed by atoms with Crippen molar-refractivity contribution in [3.63, 3.8) is 0 Å². The Labute approximate surface area is 151 Å². The molecule has 0 N–H and O–H groups in total. The Kier molecular flexibility index (Phi) is 5.24. The van der Waals surface area contributed by atoms with Gasteiger partial charge >= 0.3 is 5.97 Å². The van der Waals surface area contributed by atoms with E-state index < -0.39 is 16.0 Å². The van der Waals surface area contributed by atoms with Crippen LogP contribution in [0.4, 0.5) is 0 Å². The van der Waals surface area contributed by atoms with Gasteiger partial charge in [0.15, 0.2) is 0 Å². The second kappa shape index (κ2) is 7.76. The fourth-order valence-electron chi connectivity index (χ4n) is 2.19. The van der Waals surface area contributed by atoms with Crippen molar-refractivity contribution in [3.05, 3.63) is 102 Å². The standard InChI is InChI=1S/C20H15NO4S/c22-20(17-12-6-2-7-13-17)25-19(16-10-4-1-5-11-16)21-26(23,24)18-14-8-3-9-15-18/h1-15H. The zero-order valence-electron chi connectivity index (χ0n) is 13.6. The zero-order valence-corrected chi connectivity index (χ0v) is 14.5. The van der Waals surface area contributed by atoms with Crippen LogP contribution in [-0.2, 0) is 14.8 Å². The lowest BCUT2D eigenvalue weighted by Crippen LogP contribution is -2.16. The van der Waals surface area contributed by atoms with Crippen molar-refractivity contribution in [3.8, 4) is 0 Å². The third-order valence-corrected chi connectivity index (χ3v) is 4.74. The summed E-state index contributed by atoms with van der Waals surface area (Å²) in [5, 5.41) is 0. The van der Waals surface area contributed by atoms with E-state index in [9.17, 15) is 13.2 Å². The van der Waals surface area contributed by atoms with Crippen LogP contribution in [0.1, 0.15) is 15.9 Å². The molecular formula is C20H15NO4S. The summed E-state index contributed by atoms with van der Waals surface area (Å²) in [6.07, 6.45) is 0. The fraction of sp³-hybridized carbons (Fsp3) is 0. The molecule has 0 atom stereocenters. The SMILES string of the molecule is O=C(OC(=NS(=O)(=O)c1ccccc1)c1ccccc1)c1ccccc1. The van der Waals surface area contributed by atoms with Crippen LogP contribution < -0.4 is 0 Å². The van der Waals surface area contributed by atoms with Crippen LogP contribution in [0.5, 0.6) is 0 Å². The van der Waals surface area contributed by atoms with Gasteiger partial charge in [-0.3, -0.25) is 0 Å². The molecule has 3 aromatic carbocycles. The number of rotatable bonds is 4. The first-order valence-electron chi connectivity index (χ1n) is 7.79. The third kappa shape index (κ3) is 4.23. The van der Waals surface area contributed by atoms with Crippen molar-refractivity contribution in [1.82, 2.24) is 0 Å². The van der Waals surface area contributed by atoms with E-state index in [2.05, 4.69) is 4.40 Å². The van der Waals surface area contributed by atoms with E-state index >= 15 is 0 Å².